The minimum absolute atomic E-state index is 0.857. The Hall–Kier alpha value is -8.40. The SMILES string of the molecule is c1ccc(-c2ccc(-n3c4cccc(N(c5ccc(-c6cccc7ccccc67)cc5)c5c6ccccc6cc6c5oc5ccccc56)c4c4ccc5ccccc5c43)cc2)cc1. The summed E-state index contributed by atoms with van der Waals surface area (Å²) in [5, 5.41) is 11.7. The molecule has 0 atom stereocenters. The van der Waals surface area contributed by atoms with E-state index in [1.165, 1.54) is 60.1 Å². The fourth-order valence-electron chi connectivity index (χ4n) is 10.1. The van der Waals surface area contributed by atoms with E-state index in [0.717, 1.165) is 61.0 Å². The third-order valence-corrected chi connectivity index (χ3v) is 12.9. The van der Waals surface area contributed by atoms with Gasteiger partial charge in [0, 0.05) is 43.7 Å². The van der Waals surface area contributed by atoms with Gasteiger partial charge in [-0.05, 0) is 92.3 Å². The van der Waals surface area contributed by atoms with Crippen LogP contribution in [0.4, 0.5) is 17.1 Å². The monoisotopic (exact) mass is 802 g/mol. The lowest BCUT2D eigenvalue weighted by Crippen LogP contribution is -2.11. The molecule has 0 unspecified atom stereocenters. The Morgan fingerprint density at radius 2 is 1.00 bits per heavy atom. The second-order valence-corrected chi connectivity index (χ2v) is 16.4. The van der Waals surface area contributed by atoms with Crippen LogP contribution in [0.5, 0.6) is 0 Å². The van der Waals surface area contributed by atoms with E-state index in [1.807, 2.05) is 0 Å². The summed E-state index contributed by atoms with van der Waals surface area (Å²) in [4.78, 5) is 2.46. The van der Waals surface area contributed by atoms with Crippen LogP contribution in [0.1, 0.15) is 0 Å². The molecule has 0 radical (unpaired) electrons. The van der Waals surface area contributed by atoms with Gasteiger partial charge in [0.25, 0.3) is 0 Å². The number of aromatic nitrogens is 1. The fourth-order valence-corrected chi connectivity index (χ4v) is 10.1. The van der Waals surface area contributed by atoms with Gasteiger partial charge in [0.15, 0.2) is 5.58 Å². The van der Waals surface area contributed by atoms with Crippen LogP contribution in [-0.4, -0.2) is 4.57 Å². The first-order valence-electron chi connectivity index (χ1n) is 21.6. The van der Waals surface area contributed by atoms with Crippen LogP contribution >= 0.6 is 0 Å². The molecular formula is C60H38N2O. The maximum atomic E-state index is 6.99. The molecule has 0 saturated heterocycles. The molecule has 0 bridgehead atoms. The molecule has 0 N–H and O–H groups in total. The Bertz CT molecular complexity index is 3890. The second-order valence-electron chi connectivity index (χ2n) is 16.4. The zero-order chi connectivity index (χ0) is 41.4. The van der Waals surface area contributed by atoms with Gasteiger partial charge in [-0.1, -0.05) is 182 Å². The number of anilines is 3. The summed E-state index contributed by atoms with van der Waals surface area (Å²) in [6, 6.07) is 83.5. The Kier molecular flexibility index (Phi) is 7.91. The molecule has 0 aliphatic rings. The number of furan rings is 1. The third-order valence-electron chi connectivity index (χ3n) is 12.9. The molecule has 294 valence electrons. The quantitative estimate of drug-likeness (QED) is 0.167. The first-order chi connectivity index (χ1) is 31.3. The van der Waals surface area contributed by atoms with Crippen LogP contribution in [0.2, 0.25) is 0 Å². The van der Waals surface area contributed by atoms with E-state index in [2.05, 4.69) is 240 Å². The maximum Gasteiger partial charge on any atom is 0.160 e. The predicted molar refractivity (Wildman–Crippen MR) is 266 cm³/mol. The van der Waals surface area contributed by atoms with Gasteiger partial charge in [-0.15, -0.1) is 0 Å². The normalized spacial score (nSPS) is 11.8. The van der Waals surface area contributed by atoms with Crippen molar-refractivity contribution in [2.75, 3.05) is 4.90 Å². The molecule has 3 heteroatoms. The van der Waals surface area contributed by atoms with E-state index in [-0.39, 0.29) is 0 Å². The van der Waals surface area contributed by atoms with E-state index in [1.54, 1.807) is 0 Å². The molecule has 11 aromatic carbocycles. The largest absolute Gasteiger partial charge is 0.454 e. The zero-order valence-electron chi connectivity index (χ0n) is 34.2. The summed E-state index contributed by atoms with van der Waals surface area (Å²) < 4.78 is 9.45. The van der Waals surface area contributed by atoms with Gasteiger partial charge in [0.1, 0.15) is 5.58 Å². The molecule has 0 aliphatic carbocycles. The van der Waals surface area contributed by atoms with Crippen molar-refractivity contribution in [3.8, 4) is 27.9 Å². The molecule has 0 fully saturated rings. The Morgan fingerprint density at radius 3 is 1.81 bits per heavy atom. The standard InChI is InChI=1S/C60H38N2O/c1-2-14-39(15-3-1)40-28-33-45(34-29-40)61-54-25-13-26-55(57(54)52-37-32-42-17-5-8-21-49(42)58(52)61)62(46-35-30-43(31-36-46)48-24-12-19-41-16-4-7-20-47(41)48)59-50-22-9-6-18-44(50)38-53-51-23-10-11-27-56(51)63-60(53)59/h1-38H. The van der Waals surface area contributed by atoms with Gasteiger partial charge >= 0.3 is 0 Å². The van der Waals surface area contributed by atoms with Crippen molar-refractivity contribution < 1.29 is 4.42 Å². The average Bonchev–Trinajstić information content (AvgIpc) is 3.91. The minimum atomic E-state index is 0.857. The molecule has 2 aromatic heterocycles. The van der Waals surface area contributed by atoms with E-state index in [0.29, 0.717) is 0 Å². The molecule has 2 heterocycles. The van der Waals surface area contributed by atoms with Crippen molar-refractivity contribution in [1.29, 1.82) is 0 Å². The lowest BCUT2D eigenvalue weighted by atomic mass is 9.97. The van der Waals surface area contributed by atoms with Crippen molar-refractivity contribution in [2.24, 2.45) is 0 Å². The zero-order valence-corrected chi connectivity index (χ0v) is 34.2. The lowest BCUT2D eigenvalue weighted by Gasteiger charge is -2.28. The van der Waals surface area contributed by atoms with Crippen LogP contribution in [0, 0.1) is 0 Å². The minimum Gasteiger partial charge on any atom is -0.454 e. The molecule has 0 amide bonds. The first-order valence-corrected chi connectivity index (χ1v) is 21.6. The Balaban J connectivity index is 1.13. The van der Waals surface area contributed by atoms with E-state index in [4.69, 9.17) is 4.42 Å². The topological polar surface area (TPSA) is 21.3 Å². The molecule has 0 aliphatic heterocycles. The van der Waals surface area contributed by atoms with E-state index < -0.39 is 0 Å². The number of rotatable bonds is 6. The summed E-state index contributed by atoms with van der Waals surface area (Å²) in [7, 11) is 0. The second kappa shape index (κ2) is 14.1. The molecule has 0 saturated carbocycles. The number of hydrogen-bond donors (Lipinski definition) is 0. The number of fused-ring (bicyclic) bond motifs is 10. The van der Waals surface area contributed by atoms with Gasteiger partial charge in [0.2, 0.25) is 0 Å². The highest BCUT2D eigenvalue weighted by atomic mass is 16.3. The molecule has 13 aromatic rings. The summed E-state index contributed by atoms with van der Waals surface area (Å²) in [6.45, 7) is 0. The summed E-state index contributed by atoms with van der Waals surface area (Å²) >= 11 is 0. The Morgan fingerprint density at radius 1 is 0.381 bits per heavy atom. The fraction of sp³-hybridized carbons (Fsp3) is 0. The maximum absolute atomic E-state index is 6.99. The van der Waals surface area contributed by atoms with Gasteiger partial charge < -0.3 is 13.9 Å². The van der Waals surface area contributed by atoms with Crippen LogP contribution in [0.3, 0.4) is 0 Å². The summed E-state index contributed by atoms with van der Waals surface area (Å²) in [5.41, 5.74) is 13.0. The summed E-state index contributed by atoms with van der Waals surface area (Å²) in [5.74, 6) is 0. The van der Waals surface area contributed by atoms with Crippen LogP contribution < -0.4 is 4.90 Å². The third kappa shape index (κ3) is 5.53. The van der Waals surface area contributed by atoms with Gasteiger partial charge in [-0.25, -0.2) is 0 Å². The highest BCUT2D eigenvalue weighted by molar-refractivity contribution is 6.25. The van der Waals surface area contributed by atoms with Crippen LogP contribution in [-0.2, 0) is 0 Å². The molecular weight excluding hydrogens is 765 g/mol. The van der Waals surface area contributed by atoms with Crippen molar-refractivity contribution in [2.45, 2.75) is 0 Å². The average molecular weight is 803 g/mol. The lowest BCUT2D eigenvalue weighted by molar-refractivity contribution is 0.669. The molecule has 3 nitrogen and oxygen atoms in total. The molecule has 0 spiro atoms. The Labute approximate surface area is 363 Å². The highest BCUT2D eigenvalue weighted by Crippen LogP contribution is 2.50. The number of nitrogens with zero attached hydrogens (tertiary/aromatic N) is 2. The highest BCUT2D eigenvalue weighted by Gasteiger charge is 2.27. The smallest absolute Gasteiger partial charge is 0.160 e. The van der Waals surface area contributed by atoms with Crippen LogP contribution in [0.15, 0.2) is 235 Å². The predicted octanol–water partition coefficient (Wildman–Crippen LogP) is 16.9. The number of hydrogen-bond acceptors (Lipinski definition) is 2. The number of para-hydroxylation sites is 1. The number of benzene rings is 11. The molecule has 13 rings (SSSR count). The van der Waals surface area contributed by atoms with Crippen LogP contribution in [0.25, 0.3) is 104 Å². The molecule has 63 heavy (non-hydrogen) atoms. The van der Waals surface area contributed by atoms with E-state index >= 15 is 0 Å². The van der Waals surface area contributed by atoms with Crippen molar-refractivity contribution in [3.63, 3.8) is 0 Å². The van der Waals surface area contributed by atoms with Gasteiger partial charge in [0.05, 0.1) is 22.4 Å². The van der Waals surface area contributed by atoms with Gasteiger partial charge in [-0.2, -0.15) is 0 Å². The first kappa shape index (κ1) is 35.4. The van der Waals surface area contributed by atoms with Gasteiger partial charge in [-0.3, -0.25) is 0 Å². The van der Waals surface area contributed by atoms with Crippen molar-refractivity contribution in [1.82, 2.24) is 4.57 Å². The van der Waals surface area contributed by atoms with E-state index in [9.17, 15) is 0 Å². The van der Waals surface area contributed by atoms with Crippen molar-refractivity contribution in [3.05, 3.63) is 231 Å². The van der Waals surface area contributed by atoms with Crippen molar-refractivity contribution >= 4 is 93.1 Å². The summed E-state index contributed by atoms with van der Waals surface area (Å²) in [6.07, 6.45) is 0.